The van der Waals surface area contributed by atoms with E-state index in [0.29, 0.717) is 0 Å². The molecule has 0 N–H and O–H groups in total. The number of hydrogen-bond donors (Lipinski definition) is 0. The number of imide groups is 1. The maximum absolute atomic E-state index is 13.3. The summed E-state index contributed by atoms with van der Waals surface area (Å²) in [6, 6.07) is 22.4. The molecule has 144 valence electrons. The van der Waals surface area contributed by atoms with Crippen LogP contribution in [0.5, 0.6) is 0 Å². The zero-order valence-electron chi connectivity index (χ0n) is 15.6. The highest BCUT2D eigenvalue weighted by Gasteiger charge is 2.59. The molecule has 3 aromatic rings. The summed E-state index contributed by atoms with van der Waals surface area (Å²) in [5.74, 6) is -1.10. The van der Waals surface area contributed by atoms with Gasteiger partial charge in [-0.25, -0.2) is 5.06 Å². The fraction of sp³-hybridized carbons (Fsp3) is 0.174. The van der Waals surface area contributed by atoms with Crippen LogP contribution in [0.1, 0.15) is 17.2 Å². The third-order valence-corrected chi connectivity index (χ3v) is 5.45. The van der Waals surface area contributed by atoms with Gasteiger partial charge >= 0.3 is 0 Å². The molecule has 0 spiro atoms. The second kappa shape index (κ2) is 7.14. The number of carbonyl (C=O) groups excluding carboxylic acids is 2. The van der Waals surface area contributed by atoms with E-state index in [0.717, 1.165) is 16.8 Å². The molecule has 1 aromatic heterocycles. The molecule has 2 saturated heterocycles. The number of pyridine rings is 1. The van der Waals surface area contributed by atoms with E-state index in [-0.39, 0.29) is 18.4 Å². The van der Waals surface area contributed by atoms with Gasteiger partial charge in [0.1, 0.15) is 5.92 Å². The Hall–Kier alpha value is -3.51. The van der Waals surface area contributed by atoms with Crippen LogP contribution >= 0.6 is 0 Å². The fourth-order valence-electron chi connectivity index (χ4n) is 4.09. The van der Waals surface area contributed by atoms with Gasteiger partial charge in [0.15, 0.2) is 6.10 Å². The summed E-state index contributed by atoms with van der Waals surface area (Å²) in [5, 5.41) is 1.69. The Morgan fingerprint density at radius 1 is 0.828 bits per heavy atom. The third kappa shape index (κ3) is 2.98. The highest BCUT2D eigenvalue weighted by molar-refractivity contribution is 6.07. The third-order valence-electron chi connectivity index (χ3n) is 5.45. The minimum Gasteiger partial charge on any atom is -0.275 e. The number of hydroxylamine groups is 1. The number of aromatic nitrogens is 1. The van der Waals surface area contributed by atoms with E-state index in [9.17, 15) is 9.59 Å². The Kier molecular flexibility index (Phi) is 4.33. The van der Waals surface area contributed by atoms with E-state index in [1.165, 1.54) is 4.90 Å². The Balaban J connectivity index is 1.52. The number of anilines is 1. The average molecular weight is 385 g/mol. The quantitative estimate of drug-likeness (QED) is 0.646. The summed E-state index contributed by atoms with van der Waals surface area (Å²) >= 11 is 0. The first-order valence-electron chi connectivity index (χ1n) is 9.54. The van der Waals surface area contributed by atoms with Crippen molar-refractivity contribution >= 4 is 17.5 Å². The predicted octanol–water partition coefficient (Wildman–Crippen LogP) is 3.13. The maximum Gasteiger partial charge on any atom is 0.262 e. The lowest BCUT2D eigenvalue weighted by atomic mass is 9.91. The zero-order chi connectivity index (χ0) is 19.8. The molecule has 6 nitrogen and oxygen atoms in total. The van der Waals surface area contributed by atoms with Gasteiger partial charge in [-0.05, 0) is 35.4 Å². The SMILES string of the molecule is O=C1[C@@H]2[C@H](ON(c3ccccc3)[C@H]2c2ccncc2)C(=O)N1Cc1ccccc1. The van der Waals surface area contributed by atoms with Crippen molar-refractivity contribution in [3.8, 4) is 0 Å². The number of likely N-dealkylation sites (tertiary alicyclic amines) is 1. The minimum atomic E-state index is -0.829. The summed E-state index contributed by atoms with van der Waals surface area (Å²) in [7, 11) is 0. The molecule has 2 aliphatic rings. The average Bonchev–Trinajstić information content (AvgIpc) is 3.28. The van der Waals surface area contributed by atoms with Gasteiger partial charge in [-0.15, -0.1) is 0 Å². The molecule has 5 rings (SSSR count). The molecule has 2 aromatic carbocycles. The summed E-state index contributed by atoms with van der Waals surface area (Å²) in [6.07, 6.45) is 2.55. The number of benzene rings is 2. The number of rotatable bonds is 4. The molecule has 0 aliphatic carbocycles. The van der Waals surface area contributed by atoms with E-state index in [1.807, 2.05) is 72.8 Å². The molecule has 0 bridgehead atoms. The first-order valence-corrected chi connectivity index (χ1v) is 9.54. The standard InChI is InChI=1S/C23H19N3O3/c27-22-19-20(17-11-13-24-14-12-17)26(18-9-5-2-6-10-18)29-21(19)23(28)25(22)15-16-7-3-1-4-8-16/h1-14,19-21H,15H2/t19-,20-,21-/m0/s1. The van der Waals surface area contributed by atoms with Crippen molar-refractivity contribution in [3.63, 3.8) is 0 Å². The largest absolute Gasteiger partial charge is 0.275 e. The summed E-state index contributed by atoms with van der Waals surface area (Å²) in [5.41, 5.74) is 2.60. The number of hydrogen-bond acceptors (Lipinski definition) is 5. The van der Waals surface area contributed by atoms with Gasteiger partial charge in [-0.3, -0.25) is 24.3 Å². The van der Waals surface area contributed by atoms with Crippen LogP contribution in [0, 0.1) is 5.92 Å². The Labute approximate surface area is 168 Å². The second-order valence-corrected chi connectivity index (χ2v) is 7.19. The Morgan fingerprint density at radius 2 is 1.48 bits per heavy atom. The fourth-order valence-corrected chi connectivity index (χ4v) is 4.09. The first kappa shape index (κ1) is 17.6. The maximum atomic E-state index is 13.3. The number of amides is 2. The molecule has 29 heavy (non-hydrogen) atoms. The highest BCUT2D eigenvalue weighted by Crippen LogP contribution is 2.46. The minimum absolute atomic E-state index is 0.205. The van der Waals surface area contributed by atoms with Gasteiger partial charge in [0.25, 0.3) is 5.91 Å². The van der Waals surface area contributed by atoms with Crippen molar-refractivity contribution < 1.29 is 14.4 Å². The van der Waals surface area contributed by atoms with Crippen molar-refractivity contribution in [1.82, 2.24) is 9.88 Å². The molecule has 2 fully saturated rings. The number of carbonyl (C=O) groups is 2. The van der Waals surface area contributed by atoms with Crippen molar-refractivity contribution in [2.75, 3.05) is 5.06 Å². The van der Waals surface area contributed by atoms with Crippen LogP contribution in [0.2, 0.25) is 0 Å². The first-order chi connectivity index (χ1) is 14.2. The van der Waals surface area contributed by atoms with Crippen LogP contribution in [-0.4, -0.2) is 27.8 Å². The molecule has 0 unspecified atom stereocenters. The van der Waals surface area contributed by atoms with Gasteiger partial charge in [-0.2, -0.15) is 0 Å². The molecule has 2 aliphatic heterocycles. The van der Waals surface area contributed by atoms with E-state index in [2.05, 4.69) is 4.98 Å². The van der Waals surface area contributed by atoms with Crippen LogP contribution in [0.15, 0.2) is 85.2 Å². The highest BCUT2D eigenvalue weighted by atomic mass is 16.7. The molecule has 0 radical (unpaired) electrons. The van der Waals surface area contributed by atoms with Crippen LogP contribution in [0.4, 0.5) is 5.69 Å². The molecular weight excluding hydrogens is 366 g/mol. The monoisotopic (exact) mass is 385 g/mol. The summed E-state index contributed by atoms with van der Waals surface area (Å²) in [4.78, 5) is 37.9. The van der Waals surface area contributed by atoms with Crippen molar-refractivity contribution in [2.24, 2.45) is 5.92 Å². The van der Waals surface area contributed by atoms with Gasteiger partial charge in [0.05, 0.1) is 18.3 Å². The Bertz CT molecular complexity index is 1030. The van der Waals surface area contributed by atoms with Crippen LogP contribution in [0.3, 0.4) is 0 Å². The van der Waals surface area contributed by atoms with Gasteiger partial charge < -0.3 is 0 Å². The predicted molar refractivity (Wildman–Crippen MR) is 106 cm³/mol. The van der Waals surface area contributed by atoms with E-state index >= 15 is 0 Å². The second-order valence-electron chi connectivity index (χ2n) is 7.19. The molecular formula is C23H19N3O3. The lowest BCUT2D eigenvalue weighted by Crippen LogP contribution is -2.36. The van der Waals surface area contributed by atoms with Gasteiger partial charge in [0.2, 0.25) is 5.91 Å². The van der Waals surface area contributed by atoms with E-state index in [4.69, 9.17) is 4.84 Å². The number of fused-ring (bicyclic) bond motifs is 1. The molecule has 3 heterocycles. The lowest BCUT2D eigenvalue weighted by Gasteiger charge is -2.28. The zero-order valence-corrected chi connectivity index (χ0v) is 15.6. The summed E-state index contributed by atoms with van der Waals surface area (Å²) < 4.78 is 0. The van der Waals surface area contributed by atoms with E-state index < -0.39 is 18.1 Å². The Morgan fingerprint density at radius 3 is 2.17 bits per heavy atom. The van der Waals surface area contributed by atoms with Crippen LogP contribution in [-0.2, 0) is 21.0 Å². The molecule has 3 atom stereocenters. The smallest absolute Gasteiger partial charge is 0.262 e. The summed E-state index contributed by atoms with van der Waals surface area (Å²) in [6.45, 7) is 0.253. The van der Waals surface area contributed by atoms with Crippen LogP contribution in [0.25, 0.3) is 0 Å². The van der Waals surface area contributed by atoms with Gasteiger partial charge in [0, 0.05) is 12.4 Å². The van der Waals surface area contributed by atoms with Crippen molar-refractivity contribution in [1.29, 1.82) is 0 Å². The molecule has 6 heteroatoms. The number of nitrogens with zero attached hydrogens (tertiary/aromatic N) is 3. The van der Waals surface area contributed by atoms with Crippen molar-refractivity contribution in [2.45, 2.75) is 18.7 Å². The normalized spacial score (nSPS) is 23.5. The lowest BCUT2D eigenvalue weighted by molar-refractivity contribution is -0.143. The van der Waals surface area contributed by atoms with Gasteiger partial charge in [-0.1, -0.05) is 48.5 Å². The molecule has 2 amide bonds. The van der Waals surface area contributed by atoms with Crippen molar-refractivity contribution in [3.05, 3.63) is 96.3 Å². The molecule has 0 saturated carbocycles. The topological polar surface area (TPSA) is 62.7 Å². The number of para-hydroxylation sites is 1. The van der Waals surface area contributed by atoms with Crippen LogP contribution < -0.4 is 5.06 Å². The van der Waals surface area contributed by atoms with E-state index in [1.54, 1.807) is 17.5 Å².